The Morgan fingerprint density at radius 2 is 2.15 bits per heavy atom. The molecule has 0 amide bonds. The quantitative estimate of drug-likeness (QED) is 0.869. The molecule has 2 aromatic rings. The van der Waals surface area contributed by atoms with Gasteiger partial charge < -0.3 is 9.84 Å². The smallest absolute Gasteiger partial charge is 0.226 e. The maximum atomic E-state index is 5.14. The van der Waals surface area contributed by atoms with E-state index in [1.54, 1.807) is 0 Å². The molecule has 0 saturated heterocycles. The lowest BCUT2D eigenvalue weighted by atomic mass is 10.2. The SMILES string of the molecule is CCc1nc(Cn2nc(C)c(CNC3CC3)c2C)no1. The number of aromatic nitrogens is 4. The topological polar surface area (TPSA) is 68.8 Å². The Morgan fingerprint density at radius 3 is 2.80 bits per heavy atom. The third-order valence-electron chi connectivity index (χ3n) is 3.78. The van der Waals surface area contributed by atoms with E-state index in [0.29, 0.717) is 24.3 Å². The second kappa shape index (κ2) is 5.36. The molecule has 1 aliphatic rings. The molecule has 0 aromatic carbocycles. The molecule has 6 heteroatoms. The van der Waals surface area contributed by atoms with Crippen molar-refractivity contribution in [3.63, 3.8) is 0 Å². The van der Waals surface area contributed by atoms with E-state index in [-0.39, 0.29) is 0 Å². The normalized spacial score (nSPS) is 14.9. The highest BCUT2D eigenvalue weighted by molar-refractivity contribution is 5.25. The zero-order chi connectivity index (χ0) is 14.1. The van der Waals surface area contributed by atoms with Gasteiger partial charge in [-0.2, -0.15) is 10.1 Å². The first-order valence-corrected chi connectivity index (χ1v) is 7.25. The van der Waals surface area contributed by atoms with Crippen LogP contribution in [0, 0.1) is 13.8 Å². The van der Waals surface area contributed by atoms with Crippen molar-refractivity contribution in [2.75, 3.05) is 0 Å². The molecule has 108 valence electrons. The second-order valence-electron chi connectivity index (χ2n) is 5.42. The van der Waals surface area contributed by atoms with Crippen molar-refractivity contribution in [1.82, 2.24) is 25.2 Å². The van der Waals surface area contributed by atoms with Crippen LogP contribution in [0.15, 0.2) is 4.52 Å². The van der Waals surface area contributed by atoms with Gasteiger partial charge in [-0.3, -0.25) is 4.68 Å². The highest BCUT2D eigenvalue weighted by Gasteiger charge is 2.22. The second-order valence-corrected chi connectivity index (χ2v) is 5.42. The summed E-state index contributed by atoms with van der Waals surface area (Å²) in [6.45, 7) is 7.63. The molecule has 3 rings (SSSR count). The van der Waals surface area contributed by atoms with Crippen molar-refractivity contribution in [1.29, 1.82) is 0 Å². The first-order chi connectivity index (χ1) is 9.67. The maximum Gasteiger partial charge on any atom is 0.226 e. The Balaban J connectivity index is 1.73. The lowest BCUT2D eigenvalue weighted by Crippen LogP contribution is -2.16. The van der Waals surface area contributed by atoms with E-state index in [1.165, 1.54) is 24.1 Å². The zero-order valence-electron chi connectivity index (χ0n) is 12.3. The van der Waals surface area contributed by atoms with Crippen molar-refractivity contribution in [2.45, 2.75) is 59.2 Å². The average Bonchev–Trinajstić information content (AvgIpc) is 3.09. The van der Waals surface area contributed by atoms with E-state index in [0.717, 1.165) is 18.7 Å². The fraction of sp³-hybridized carbons (Fsp3) is 0.643. The van der Waals surface area contributed by atoms with Crippen LogP contribution in [0.25, 0.3) is 0 Å². The summed E-state index contributed by atoms with van der Waals surface area (Å²) in [5, 5.41) is 12.1. The summed E-state index contributed by atoms with van der Waals surface area (Å²) in [5.41, 5.74) is 3.55. The standard InChI is InChI=1S/C14H21N5O/c1-4-14-16-13(18-20-14)8-19-10(3)12(9(2)17-19)7-15-11-5-6-11/h11,15H,4-8H2,1-3H3. The summed E-state index contributed by atoms with van der Waals surface area (Å²) in [7, 11) is 0. The van der Waals surface area contributed by atoms with Gasteiger partial charge in [0.15, 0.2) is 5.82 Å². The molecule has 1 aliphatic carbocycles. The minimum atomic E-state index is 0.569. The number of nitrogens with zero attached hydrogens (tertiary/aromatic N) is 4. The Labute approximate surface area is 118 Å². The molecule has 2 heterocycles. The minimum absolute atomic E-state index is 0.569. The largest absolute Gasteiger partial charge is 0.339 e. The molecule has 1 N–H and O–H groups in total. The van der Waals surface area contributed by atoms with Gasteiger partial charge in [0, 0.05) is 30.3 Å². The van der Waals surface area contributed by atoms with E-state index in [1.807, 2.05) is 11.6 Å². The summed E-state index contributed by atoms with van der Waals surface area (Å²) in [5.74, 6) is 1.37. The van der Waals surface area contributed by atoms with Gasteiger partial charge in [0.05, 0.1) is 5.69 Å². The third-order valence-corrected chi connectivity index (χ3v) is 3.78. The van der Waals surface area contributed by atoms with E-state index in [9.17, 15) is 0 Å². The summed E-state index contributed by atoms with van der Waals surface area (Å²) >= 11 is 0. The number of hydrogen-bond acceptors (Lipinski definition) is 5. The van der Waals surface area contributed by atoms with Crippen molar-refractivity contribution in [3.05, 3.63) is 28.7 Å². The molecular formula is C14H21N5O. The molecule has 2 aromatic heterocycles. The predicted octanol–water partition coefficient (Wildman–Crippen LogP) is 1.75. The molecule has 6 nitrogen and oxygen atoms in total. The summed E-state index contributed by atoms with van der Waals surface area (Å²) in [6.07, 6.45) is 3.37. The van der Waals surface area contributed by atoms with Crippen LogP contribution in [0.4, 0.5) is 0 Å². The van der Waals surface area contributed by atoms with Crippen LogP contribution >= 0.6 is 0 Å². The van der Waals surface area contributed by atoms with Gasteiger partial charge in [-0.25, -0.2) is 0 Å². The Hall–Kier alpha value is -1.69. The number of aryl methyl sites for hydroxylation is 2. The Bertz CT molecular complexity index is 597. The molecule has 1 fully saturated rings. The van der Waals surface area contributed by atoms with Gasteiger partial charge in [0.25, 0.3) is 0 Å². The van der Waals surface area contributed by atoms with Crippen molar-refractivity contribution >= 4 is 0 Å². The molecule has 0 radical (unpaired) electrons. The fourth-order valence-corrected chi connectivity index (χ4v) is 2.31. The van der Waals surface area contributed by atoms with Crippen LogP contribution in [-0.2, 0) is 19.5 Å². The minimum Gasteiger partial charge on any atom is -0.339 e. The van der Waals surface area contributed by atoms with Gasteiger partial charge in [-0.1, -0.05) is 12.1 Å². The molecule has 0 spiro atoms. The molecule has 0 aliphatic heterocycles. The Kier molecular flexibility index (Phi) is 3.56. The van der Waals surface area contributed by atoms with Crippen LogP contribution in [0.1, 0.15) is 48.4 Å². The number of nitrogens with one attached hydrogen (secondary N) is 1. The lowest BCUT2D eigenvalue weighted by Gasteiger charge is -2.04. The molecule has 0 bridgehead atoms. The van der Waals surface area contributed by atoms with Gasteiger partial charge in [-0.05, 0) is 26.7 Å². The zero-order valence-corrected chi connectivity index (χ0v) is 12.3. The van der Waals surface area contributed by atoms with Crippen LogP contribution in [0.5, 0.6) is 0 Å². The van der Waals surface area contributed by atoms with E-state index >= 15 is 0 Å². The summed E-state index contributed by atoms with van der Waals surface area (Å²) < 4.78 is 7.10. The predicted molar refractivity (Wildman–Crippen MR) is 74.3 cm³/mol. The average molecular weight is 275 g/mol. The van der Waals surface area contributed by atoms with E-state index in [4.69, 9.17) is 4.52 Å². The first-order valence-electron chi connectivity index (χ1n) is 7.25. The van der Waals surface area contributed by atoms with Crippen LogP contribution in [-0.4, -0.2) is 26.0 Å². The summed E-state index contributed by atoms with van der Waals surface area (Å²) in [4.78, 5) is 4.33. The Morgan fingerprint density at radius 1 is 1.35 bits per heavy atom. The van der Waals surface area contributed by atoms with Crippen molar-refractivity contribution in [3.8, 4) is 0 Å². The van der Waals surface area contributed by atoms with E-state index in [2.05, 4.69) is 34.4 Å². The van der Waals surface area contributed by atoms with Gasteiger partial charge in [0.2, 0.25) is 5.89 Å². The maximum absolute atomic E-state index is 5.14. The fourth-order valence-electron chi connectivity index (χ4n) is 2.31. The van der Waals surface area contributed by atoms with Crippen LogP contribution < -0.4 is 5.32 Å². The molecular weight excluding hydrogens is 254 g/mol. The molecule has 20 heavy (non-hydrogen) atoms. The molecule has 1 saturated carbocycles. The van der Waals surface area contributed by atoms with Gasteiger partial charge in [-0.15, -0.1) is 0 Å². The van der Waals surface area contributed by atoms with Crippen molar-refractivity contribution < 1.29 is 4.52 Å². The third kappa shape index (κ3) is 2.75. The van der Waals surface area contributed by atoms with E-state index < -0.39 is 0 Å². The molecule has 0 unspecified atom stereocenters. The number of hydrogen-bond donors (Lipinski definition) is 1. The number of rotatable bonds is 6. The monoisotopic (exact) mass is 275 g/mol. The van der Waals surface area contributed by atoms with Crippen molar-refractivity contribution in [2.24, 2.45) is 0 Å². The first kappa shape index (κ1) is 13.3. The highest BCUT2D eigenvalue weighted by Crippen LogP contribution is 2.21. The molecule has 0 atom stereocenters. The lowest BCUT2D eigenvalue weighted by molar-refractivity contribution is 0.374. The highest BCUT2D eigenvalue weighted by atomic mass is 16.5. The summed E-state index contributed by atoms with van der Waals surface area (Å²) in [6, 6.07) is 0.710. The van der Waals surface area contributed by atoms with Gasteiger partial charge >= 0.3 is 0 Å². The van der Waals surface area contributed by atoms with Crippen LogP contribution in [0.2, 0.25) is 0 Å². The van der Waals surface area contributed by atoms with Gasteiger partial charge in [0.1, 0.15) is 6.54 Å². The van der Waals surface area contributed by atoms with Crippen LogP contribution in [0.3, 0.4) is 0 Å².